The van der Waals surface area contributed by atoms with Crippen LogP contribution in [0.5, 0.6) is 5.75 Å². The molecular formula is C28H19F3N4O3. The summed E-state index contributed by atoms with van der Waals surface area (Å²) in [5.74, 6) is -0.465. The highest BCUT2D eigenvalue weighted by Crippen LogP contribution is 2.32. The molecule has 0 spiro atoms. The first-order valence-corrected chi connectivity index (χ1v) is 11.4. The Labute approximate surface area is 213 Å². The number of alkyl halides is 3. The third-order valence-electron chi connectivity index (χ3n) is 5.80. The second kappa shape index (κ2) is 9.81. The number of para-hydroxylation sites is 1. The van der Waals surface area contributed by atoms with Gasteiger partial charge in [0.2, 0.25) is 0 Å². The zero-order chi connectivity index (χ0) is 26.9. The Morgan fingerprint density at radius 2 is 1.71 bits per heavy atom. The van der Waals surface area contributed by atoms with Crippen molar-refractivity contribution in [2.45, 2.75) is 6.18 Å². The molecule has 10 heteroatoms. The van der Waals surface area contributed by atoms with E-state index in [1.807, 2.05) is 18.2 Å². The molecule has 38 heavy (non-hydrogen) atoms. The van der Waals surface area contributed by atoms with E-state index in [-0.39, 0.29) is 29.1 Å². The molecule has 1 amide bonds. The number of ether oxygens (including phenoxy) is 1. The first-order chi connectivity index (χ1) is 18.2. The number of fused-ring (bicyclic) bond motifs is 2. The van der Waals surface area contributed by atoms with Gasteiger partial charge in [0, 0.05) is 11.1 Å². The van der Waals surface area contributed by atoms with E-state index < -0.39 is 23.2 Å². The van der Waals surface area contributed by atoms with E-state index in [0.717, 1.165) is 22.2 Å². The largest absolute Gasteiger partial charge is 0.483 e. The Bertz CT molecular complexity index is 1780. The zero-order valence-corrected chi connectivity index (χ0v) is 19.6. The zero-order valence-electron chi connectivity index (χ0n) is 19.6. The van der Waals surface area contributed by atoms with Crippen molar-refractivity contribution < 1.29 is 22.7 Å². The summed E-state index contributed by atoms with van der Waals surface area (Å²) in [5, 5.41) is 6.16. The summed E-state index contributed by atoms with van der Waals surface area (Å²) in [6, 6.07) is 21.8. The van der Waals surface area contributed by atoms with Crippen LogP contribution in [-0.2, 0) is 11.0 Å². The summed E-state index contributed by atoms with van der Waals surface area (Å²) in [5.41, 5.74) is 4.60. The highest BCUT2D eigenvalue weighted by molar-refractivity contribution is 6.02. The second-order valence-electron chi connectivity index (χ2n) is 8.35. The second-order valence-corrected chi connectivity index (χ2v) is 8.35. The van der Waals surface area contributed by atoms with Gasteiger partial charge in [0.25, 0.3) is 11.5 Å². The number of benzene rings is 4. The number of carbonyl (C=O) groups excluding carboxylic acids is 1. The average molecular weight is 516 g/mol. The maximum absolute atomic E-state index is 13.5. The van der Waals surface area contributed by atoms with Crippen molar-refractivity contribution in [2.75, 3.05) is 6.61 Å². The van der Waals surface area contributed by atoms with Gasteiger partial charge in [-0.3, -0.25) is 9.59 Å². The fourth-order valence-corrected chi connectivity index (χ4v) is 4.05. The van der Waals surface area contributed by atoms with Crippen LogP contribution in [0.2, 0.25) is 0 Å². The number of primary amides is 1. The summed E-state index contributed by atoms with van der Waals surface area (Å²) in [6.07, 6.45) is -3.23. The van der Waals surface area contributed by atoms with Crippen molar-refractivity contribution in [3.63, 3.8) is 0 Å². The minimum atomic E-state index is -4.59. The third-order valence-corrected chi connectivity index (χ3v) is 5.80. The summed E-state index contributed by atoms with van der Waals surface area (Å²) < 4.78 is 46.9. The van der Waals surface area contributed by atoms with Crippen molar-refractivity contribution in [1.82, 2.24) is 9.66 Å². The normalized spacial score (nSPS) is 11.9. The van der Waals surface area contributed by atoms with Gasteiger partial charge < -0.3 is 10.5 Å². The lowest BCUT2D eigenvalue weighted by molar-refractivity contribution is -0.137. The maximum atomic E-state index is 13.5. The lowest BCUT2D eigenvalue weighted by Gasteiger charge is -2.13. The van der Waals surface area contributed by atoms with Gasteiger partial charge in [0.1, 0.15) is 5.75 Å². The number of hydrogen-bond acceptors (Lipinski definition) is 5. The number of nitrogens with two attached hydrogens (primary N) is 1. The highest BCUT2D eigenvalue weighted by Gasteiger charge is 2.31. The van der Waals surface area contributed by atoms with Crippen molar-refractivity contribution in [1.29, 1.82) is 0 Å². The highest BCUT2D eigenvalue weighted by atomic mass is 19.4. The summed E-state index contributed by atoms with van der Waals surface area (Å²) in [7, 11) is 0. The first kappa shape index (κ1) is 24.7. The van der Waals surface area contributed by atoms with E-state index in [1.54, 1.807) is 42.5 Å². The van der Waals surface area contributed by atoms with E-state index in [4.69, 9.17) is 10.5 Å². The molecular weight excluding hydrogens is 497 g/mol. The molecule has 0 aliphatic rings. The predicted molar refractivity (Wildman–Crippen MR) is 138 cm³/mol. The van der Waals surface area contributed by atoms with E-state index in [1.165, 1.54) is 18.3 Å². The van der Waals surface area contributed by atoms with Gasteiger partial charge in [-0.25, -0.2) is 4.98 Å². The molecule has 0 fully saturated rings. The molecule has 1 aromatic heterocycles. The lowest BCUT2D eigenvalue weighted by atomic mass is 10.0. The topological polar surface area (TPSA) is 99.6 Å². The Hall–Kier alpha value is -4.99. The molecule has 0 radical (unpaired) electrons. The van der Waals surface area contributed by atoms with Crippen LogP contribution in [0.4, 0.5) is 13.2 Å². The SMILES string of the molecule is NC(=O)COc1ccc2ccccc2c1C=Nn1c(-c2cccc(C(F)(F)F)c2)nc2ccccc2c1=O. The maximum Gasteiger partial charge on any atom is 0.416 e. The number of aromatic nitrogens is 2. The van der Waals surface area contributed by atoms with Crippen LogP contribution in [0.25, 0.3) is 33.1 Å². The van der Waals surface area contributed by atoms with Gasteiger partial charge in [-0.15, -0.1) is 0 Å². The number of rotatable bonds is 6. The summed E-state index contributed by atoms with van der Waals surface area (Å²) >= 11 is 0. The van der Waals surface area contributed by atoms with Crippen molar-refractivity contribution in [2.24, 2.45) is 10.8 Å². The Morgan fingerprint density at radius 3 is 2.47 bits per heavy atom. The molecule has 0 bridgehead atoms. The number of amides is 1. The number of hydrogen-bond donors (Lipinski definition) is 1. The van der Waals surface area contributed by atoms with Gasteiger partial charge in [-0.05, 0) is 41.1 Å². The van der Waals surface area contributed by atoms with Crippen LogP contribution in [0.15, 0.2) is 94.8 Å². The van der Waals surface area contributed by atoms with Crippen LogP contribution >= 0.6 is 0 Å². The monoisotopic (exact) mass is 516 g/mol. The molecule has 5 aromatic rings. The van der Waals surface area contributed by atoms with Gasteiger partial charge in [0.15, 0.2) is 12.4 Å². The molecule has 5 rings (SSSR count). The van der Waals surface area contributed by atoms with Crippen molar-refractivity contribution in [3.8, 4) is 17.1 Å². The van der Waals surface area contributed by atoms with Gasteiger partial charge >= 0.3 is 6.18 Å². The van der Waals surface area contributed by atoms with E-state index in [9.17, 15) is 22.8 Å². The summed E-state index contributed by atoms with van der Waals surface area (Å²) in [4.78, 5) is 29.3. The van der Waals surface area contributed by atoms with Crippen LogP contribution in [-0.4, -0.2) is 28.4 Å². The van der Waals surface area contributed by atoms with Gasteiger partial charge in [0.05, 0.1) is 22.7 Å². The molecule has 7 nitrogen and oxygen atoms in total. The van der Waals surface area contributed by atoms with Crippen LogP contribution in [0.3, 0.4) is 0 Å². The quantitative estimate of drug-likeness (QED) is 0.322. The molecule has 0 saturated carbocycles. The summed E-state index contributed by atoms with van der Waals surface area (Å²) in [6.45, 7) is -0.383. The molecule has 4 aromatic carbocycles. The molecule has 0 unspecified atom stereocenters. The van der Waals surface area contributed by atoms with Gasteiger partial charge in [-0.2, -0.15) is 22.9 Å². The smallest absolute Gasteiger partial charge is 0.416 e. The van der Waals surface area contributed by atoms with E-state index in [0.29, 0.717) is 16.5 Å². The Balaban J connectivity index is 1.73. The van der Waals surface area contributed by atoms with Crippen molar-refractivity contribution >= 4 is 33.8 Å². The number of nitrogens with zero attached hydrogens (tertiary/aromatic N) is 3. The minimum absolute atomic E-state index is 0.0583. The Morgan fingerprint density at radius 1 is 0.974 bits per heavy atom. The fourth-order valence-electron chi connectivity index (χ4n) is 4.05. The molecule has 2 N–H and O–H groups in total. The minimum Gasteiger partial charge on any atom is -0.483 e. The standard InChI is InChI=1S/C28H19F3N4O3/c29-28(30,31)19-8-5-7-18(14-19)26-34-23-11-4-3-10-21(23)27(37)35(26)33-15-22-20-9-2-1-6-17(20)12-13-24(22)38-16-25(32)36/h1-15H,16H2,(H2,32,36). The molecule has 0 atom stereocenters. The molecule has 0 saturated heterocycles. The third kappa shape index (κ3) is 4.83. The number of carbonyl (C=O) groups is 1. The van der Waals surface area contributed by atoms with E-state index >= 15 is 0 Å². The molecule has 0 aliphatic heterocycles. The molecule has 1 heterocycles. The van der Waals surface area contributed by atoms with Gasteiger partial charge in [-0.1, -0.05) is 54.6 Å². The Kier molecular flexibility index (Phi) is 6.38. The average Bonchev–Trinajstić information content (AvgIpc) is 2.91. The number of halogens is 3. The van der Waals surface area contributed by atoms with E-state index in [2.05, 4.69) is 10.1 Å². The van der Waals surface area contributed by atoms with Crippen LogP contribution in [0.1, 0.15) is 11.1 Å². The lowest BCUT2D eigenvalue weighted by Crippen LogP contribution is -2.21. The predicted octanol–water partition coefficient (Wildman–Crippen LogP) is 4.98. The fraction of sp³-hybridized carbons (Fsp3) is 0.0714. The van der Waals surface area contributed by atoms with Crippen molar-refractivity contribution in [3.05, 3.63) is 106 Å². The van der Waals surface area contributed by atoms with Crippen LogP contribution in [0, 0.1) is 0 Å². The molecule has 190 valence electrons. The molecule has 0 aliphatic carbocycles. The van der Waals surface area contributed by atoms with Crippen LogP contribution < -0.4 is 16.0 Å². The first-order valence-electron chi connectivity index (χ1n) is 11.4.